The topological polar surface area (TPSA) is 64.1 Å². The fourth-order valence-corrected chi connectivity index (χ4v) is 3.98. The van der Waals surface area contributed by atoms with Gasteiger partial charge in [-0.3, -0.25) is 4.79 Å². The number of piperidine rings is 1. The second kappa shape index (κ2) is 9.87. The highest BCUT2D eigenvalue weighted by Crippen LogP contribution is 2.25. The van der Waals surface area contributed by atoms with Gasteiger partial charge in [-0.05, 0) is 73.9 Å². The number of carbonyl (C=O) groups is 1. The van der Waals surface area contributed by atoms with Crippen LogP contribution in [0.2, 0.25) is 0 Å². The van der Waals surface area contributed by atoms with E-state index in [0.717, 1.165) is 16.6 Å². The summed E-state index contributed by atoms with van der Waals surface area (Å²) in [5.74, 6) is 0.781. The van der Waals surface area contributed by atoms with E-state index < -0.39 is 0 Å². The Labute approximate surface area is 187 Å². The smallest absolute Gasteiger partial charge is 0.289 e. The van der Waals surface area contributed by atoms with Crippen LogP contribution in [0.25, 0.3) is 11.3 Å². The summed E-state index contributed by atoms with van der Waals surface area (Å²) in [5, 5.41) is 2.96. The average Bonchev–Trinajstić information content (AvgIpc) is 2.81. The predicted octanol–water partition coefficient (Wildman–Crippen LogP) is 4.44. The number of rotatable bonds is 7. The van der Waals surface area contributed by atoms with Crippen LogP contribution in [0.3, 0.4) is 0 Å². The molecule has 0 bridgehead atoms. The highest BCUT2D eigenvalue weighted by Gasteiger charge is 2.24. The van der Waals surface area contributed by atoms with Crippen LogP contribution in [0.4, 0.5) is 4.39 Å². The first-order valence-electron chi connectivity index (χ1n) is 11.0. The molecule has 7 heteroatoms. The molecule has 166 valence electrons. The van der Waals surface area contributed by atoms with Crippen molar-refractivity contribution in [2.45, 2.75) is 19.3 Å². The van der Waals surface area contributed by atoms with Crippen LogP contribution in [0.5, 0.6) is 11.5 Å². The Kier molecular flexibility index (Phi) is 6.75. The van der Waals surface area contributed by atoms with E-state index in [9.17, 15) is 9.18 Å². The molecule has 2 aromatic carbocycles. The average molecular weight is 436 g/mol. The Bertz CT molecular complexity index is 1050. The summed E-state index contributed by atoms with van der Waals surface area (Å²) in [5.41, 5.74) is 1.51. The number of benzene rings is 2. The molecule has 0 aliphatic carbocycles. The molecule has 0 saturated carbocycles. The van der Waals surface area contributed by atoms with Crippen molar-refractivity contribution in [3.8, 4) is 22.8 Å². The summed E-state index contributed by atoms with van der Waals surface area (Å²) in [4.78, 5) is 21.1. The maximum atomic E-state index is 13.0. The zero-order valence-electron chi connectivity index (χ0n) is 18.3. The number of aromatic nitrogens is 2. The van der Waals surface area contributed by atoms with Gasteiger partial charge in [0.25, 0.3) is 5.91 Å². The van der Waals surface area contributed by atoms with E-state index in [1.54, 1.807) is 24.4 Å². The second-order valence-corrected chi connectivity index (χ2v) is 8.45. The molecular formula is C25H28FN4O2+. The van der Waals surface area contributed by atoms with E-state index in [2.05, 4.69) is 22.3 Å². The molecule has 1 aliphatic heterocycles. The summed E-state index contributed by atoms with van der Waals surface area (Å²) < 4.78 is 19.8. The normalized spacial score (nSPS) is 15.2. The number of halogens is 1. The molecule has 0 spiro atoms. The van der Waals surface area contributed by atoms with Crippen LogP contribution in [0.15, 0.2) is 60.8 Å². The number of amides is 1. The van der Waals surface area contributed by atoms with Crippen LogP contribution < -0.4 is 10.1 Å². The molecule has 1 N–H and O–H groups in total. The lowest BCUT2D eigenvalue weighted by Gasteiger charge is -2.37. The Balaban J connectivity index is 1.36. The van der Waals surface area contributed by atoms with Gasteiger partial charge in [0.2, 0.25) is 5.82 Å². The van der Waals surface area contributed by atoms with Gasteiger partial charge in [-0.2, -0.15) is 0 Å². The number of likely N-dealkylation sites (N-methyl/N-ethyl adjacent to an activating group) is 1. The van der Waals surface area contributed by atoms with Gasteiger partial charge in [-0.15, -0.1) is 0 Å². The molecule has 1 fully saturated rings. The number of ether oxygens (including phenoxy) is 1. The molecule has 4 rings (SSSR count). The molecule has 1 amide bonds. The molecule has 32 heavy (non-hydrogen) atoms. The van der Waals surface area contributed by atoms with Crippen LogP contribution in [0.1, 0.15) is 29.9 Å². The van der Waals surface area contributed by atoms with Gasteiger partial charge in [0, 0.05) is 11.8 Å². The number of nitrogens with one attached hydrogen (secondary N) is 1. The van der Waals surface area contributed by atoms with Crippen molar-refractivity contribution in [1.29, 1.82) is 0 Å². The van der Waals surface area contributed by atoms with Crippen molar-refractivity contribution >= 4 is 5.91 Å². The van der Waals surface area contributed by atoms with Crippen LogP contribution in [-0.4, -0.2) is 53.6 Å². The largest absolute Gasteiger partial charge is 0.457 e. The van der Waals surface area contributed by atoms with Crippen molar-refractivity contribution in [3.05, 3.63) is 72.4 Å². The minimum Gasteiger partial charge on any atom is -0.457 e. The van der Waals surface area contributed by atoms with Gasteiger partial charge >= 0.3 is 0 Å². The number of hydrogen-bond donors (Lipinski definition) is 1. The van der Waals surface area contributed by atoms with Crippen LogP contribution in [-0.2, 0) is 0 Å². The van der Waals surface area contributed by atoms with Gasteiger partial charge in [-0.1, -0.05) is 0 Å². The standard InChI is InChI=1S/C25H27FN4O2/c1-30(16-3-2-4-17-30)18-15-28-25(31)24-27-14-13-23(29-24)19-5-9-21(10-6-19)32-22-11-7-20(26)8-12-22/h5-14H,2-4,15-18H2,1H3/p+1. The van der Waals surface area contributed by atoms with Gasteiger partial charge in [0.15, 0.2) is 0 Å². The molecule has 0 radical (unpaired) electrons. The molecule has 0 unspecified atom stereocenters. The zero-order valence-corrected chi connectivity index (χ0v) is 18.3. The SMILES string of the molecule is C[N+]1(CCNC(=O)c2nccc(-c3ccc(Oc4ccc(F)cc4)cc3)n2)CCCCC1. The molecule has 1 aliphatic rings. The Morgan fingerprint density at radius 3 is 2.34 bits per heavy atom. The summed E-state index contributed by atoms with van der Waals surface area (Å²) in [6, 6.07) is 15.0. The number of hydrogen-bond acceptors (Lipinski definition) is 4. The van der Waals surface area contributed by atoms with E-state index in [-0.39, 0.29) is 17.5 Å². The number of nitrogens with zero attached hydrogens (tertiary/aromatic N) is 3. The lowest BCUT2D eigenvalue weighted by Crippen LogP contribution is -2.51. The Hall–Kier alpha value is -3.32. The van der Waals surface area contributed by atoms with Crippen LogP contribution >= 0.6 is 0 Å². The fraction of sp³-hybridized carbons (Fsp3) is 0.320. The number of likely N-dealkylation sites (tertiary alicyclic amines) is 1. The third-order valence-electron chi connectivity index (χ3n) is 5.89. The quantitative estimate of drug-likeness (QED) is 0.558. The van der Waals surface area contributed by atoms with Crippen molar-refractivity contribution in [2.24, 2.45) is 0 Å². The molecule has 3 aromatic rings. The lowest BCUT2D eigenvalue weighted by atomic mass is 10.1. The third kappa shape index (κ3) is 5.68. The first-order valence-corrected chi connectivity index (χ1v) is 11.0. The van der Waals surface area contributed by atoms with Gasteiger partial charge in [0.05, 0.1) is 38.9 Å². The van der Waals surface area contributed by atoms with E-state index >= 15 is 0 Å². The summed E-state index contributed by atoms with van der Waals surface area (Å²) >= 11 is 0. The third-order valence-corrected chi connectivity index (χ3v) is 5.89. The van der Waals surface area contributed by atoms with E-state index in [4.69, 9.17) is 4.74 Å². The predicted molar refractivity (Wildman–Crippen MR) is 121 cm³/mol. The summed E-state index contributed by atoms with van der Waals surface area (Å²) in [6.45, 7) is 3.87. The second-order valence-electron chi connectivity index (χ2n) is 8.45. The van der Waals surface area contributed by atoms with E-state index in [1.807, 2.05) is 24.3 Å². The van der Waals surface area contributed by atoms with E-state index in [0.29, 0.717) is 23.7 Å². The van der Waals surface area contributed by atoms with Gasteiger partial charge in [0.1, 0.15) is 17.3 Å². The Morgan fingerprint density at radius 1 is 1.00 bits per heavy atom. The maximum Gasteiger partial charge on any atom is 0.289 e. The minimum atomic E-state index is -0.307. The van der Waals surface area contributed by atoms with Crippen molar-refractivity contribution in [2.75, 3.05) is 33.2 Å². The number of carbonyl (C=O) groups excluding carboxylic acids is 1. The lowest BCUT2D eigenvalue weighted by molar-refractivity contribution is -0.912. The Morgan fingerprint density at radius 2 is 1.66 bits per heavy atom. The van der Waals surface area contributed by atoms with Crippen molar-refractivity contribution in [1.82, 2.24) is 15.3 Å². The molecule has 1 saturated heterocycles. The highest BCUT2D eigenvalue weighted by molar-refractivity contribution is 5.90. The molecule has 0 atom stereocenters. The monoisotopic (exact) mass is 435 g/mol. The highest BCUT2D eigenvalue weighted by atomic mass is 19.1. The van der Waals surface area contributed by atoms with Gasteiger partial charge < -0.3 is 14.5 Å². The molecular weight excluding hydrogens is 407 g/mol. The fourth-order valence-electron chi connectivity index (χ4n) is 3.98. The number of quaternary nitrogens is 1. The van der Waals surface area contributed by atoms with E-state index in [1.165, 1.54) is 44.5 Å². The molecule has 2 heterocycles. The minimum absolute atomic E-state index is 0.162. The van der Waals surface area contributed by atoms with Crippen LogP contribution in [0, 0.1) is 5.82 Å². The first-order chi connectivity index (χ1) is 15.5. The van der Waals surface area contributed by atoms with Crippen molar-refractivity contribution < 1.29 is 18.4 Å². The summed E-state index contributed by atoms with van der Waals surface area (Å²) in [6.07, 6.45) is 5.41. The molecule has 1 aromatic heterocycles. The van der Waals surface area contributed by atoms with Crippen molar-refractivity contribution in [3.63, 3.8) is 0 Å². The van der Waals surface area contributed by atoms with Gasteiger partial charge in [-0.25, -0.2) is 14.4 Å². The maximum absolute atomic E-state index is 13.0. The molecule has 6 nitrogen and oxygen atoms in total. The summed E-state index contributed by atoms with van der Waals surface area (Å²) in [7, 11) is 2.26. The zero-order chi connectivity index (χ0) is 22.4. The first kappa shape index (κ1) is 21.9.